The van der Waals surface area contributed by atoms with Gasteiger partial charge in [0.05, 0.1) is 11.1 Å². The summed E-state index contributed by atoms with van der Waals surface area (Å²) in [7, 11) is 0. The van der Waals surface area contributed by atoms with Gasteiger partial charge in [0.1, 0.15) is 0 Å². The summed E-state index contributed by atoms with van der Waals surface area (Å²) in [6, 6.07) is 85.3. The van der Waals surface area contributed by atoms with E-state index in [4.69, 9.17) is 0 Å². The van der Waals surface area contributed by atoms with E-state index in [1.807, 2.05) is 11.3 Å². The number of benzene rings is 10. The second-order valence-corrected chi connectivity index (χ2v) is 17.5. The van der Waals surface area contributed by atoms with E-state index in [1.165, 1.54) is 75.5 Å². The van der Waals surface area contributed by atoms with Gasteiger partial charge in [-0.3, -0.25) is 0 Å². The summed E-state index contributed by atoms with van der Waals surface area (Å²) in [4.78, 5) is 6.24. The molecule has 2 aliphatic rings. The molecule has 13 rings (SSSR count). The minimum absolute atomic E-state index is 0.574. The van der Waals surface area contributed by atoms with E-state index in [0.717, 1.165) is 34.1 Å². The summed E-state index contributed by atoms with van der Waals surface area (Å²) in [6.07, 6.45) is 0. The highest BCUT2D eigenvalue weighted by atomic mass is 32.1. The minimum Gasteiger partial charge on any atom is -0.310 e. The van der Waals surface area contributed by atoms with Crippen molar-refractivity contribution in [1.29, 1.82) is 0 Å². The van der Waals surface area contributed by atoms with Gasteiger partial charge in [-0.2, -0.15) is 0 Å². The van der Waals surface area contributed by atoms with Crippen molar-refractivity contribution in [3.8, 4) is 21.6 Å². The van der Waals surface area contributed by atoms with E-state index < -0.39 is 5.41 Å². The van der Waals surface area contributed by atoms with Crippen LogP contribution in [0.5, 0.6) is 0 Å². The Balaban J connectivity index is 1.11. The predicted octanol–water partition coefficient (Wildman–Crippen LogP) is 16.5. The lowest BCUT2D eigenvalue weighted by Gasteiger charge is -2.33. The molecule has 11 aromatic rings. The molecule has 0 radical (unpaired) electrons. The summed E-state index contributed by atoms with van der Waals surface area (Å²) >= 11 is 1.93. The van der Waals surface area contributed by atoms with E-state index in [9.17, 15) is 0 Å². The highest BCUT2D eigenvalue weighted by molar-refractivity contribution is 7.22. The molecular weight excluding hydrogens is 769 g/mol. The third kappa shape index (κ3) is 5.03. The number of rotatable bonds is 6. The maximum atomic E-state index is 2.52. The standard InChI is InChI=1S/C59H38N2S/c1-3-20-42(21-4-1)60(44-31-30-39-16-7-8-18-41(39)36-44)45-32-34-49-48-25-11-13-27-52(48)59(53(49)37-45)54-38-46(33-35-50(54)58-57(59)51-26-12-14-29-56(51)62-58)61(43-22-5-2-6-23-43)55-28-15-19-40-17-9-10-24-47(40)55/h1-38H. The molecule has 1 unspecified atom stereocenters. The molecule has 2 aliphatic carbocycles. The Morgan fingerprint density at radius 2 is 0.871 bits per heavy atom. The lowest BCUT2D eigenvalue weighted by molar-refractivity contribution is 0.802. The molecule has 1 heterocycles. The van der Waals surface area contributed by atoms with Crippen LogP contribution in [-0.4, -0.2) is 0 Å². The van der Waals surface area contributed by atoms with Crippen LogP contribution in [0.25, 0.3) is 53.2 Å². The third-order valence-electron chi connectivity index (χ3n) is 13.2. The van der Waals surface area contributed by atoms with Crippen LogP contribution >= 0.6 is 11.3 Å². The molecule has 290 valence electrons. The molecule has 62 heavy (non-hydrogen) atoms. The summed E-state index contributed by atoms with van der Waals surface area (Å²) in [5.41, 5.74) is 15.5. The van der Waals surface area contributed by atoms with Crippen molar-refractivity contribution < 1.29 is 0 Å². The molecule has 0 fully saturated rings. The van der Waals surface area contributed by atoms with Crippen molar-refractivity contribution in [2.75, 3.05) is 9.80 Å². The quantitative estimate of drug-likeness (QED) is 0.165. The molecule has 1 aromatic heterocycles. The van der Waals surface area contributed by atoms with E-state index in [-0.39, 0.29) is 0 Å². The molecule has 0 bridgehead atoms. The van der Waals surface area contributed by atoms with Crippen molar-refractivity contribution in [3.05, 3.63) is 253 Å². The van der Waals surface area contributed by atoms with Crippen LogP contribution in [0.1, 0.15) is 22.3 Å². The van der Waals surface area contributed by atoms with Gasteiger partial charge in [0.2, 0.25) is 0 Å². The average molecular weight is 807 g/mol. The summed E-state index contributed by atoms with van der Waals surface area (Å²) < 4.78 is 1.32. The number of anilines is 6. The van der Waals surface area contributed by atoms with Gasteiger partial charge in [0, 0.05) is 43.4 Å². The Hall–Kier alpha value is -7.72. The molecule has 0 saturated carbocycles. The Bertz CT molecular complexity index is 3550. The fraction of sp³-hybridized carbons (Fsp3) is 0.0169. The predicted molar refractivity (Wildman–Crippen MR) is 263 cm³/mol. The van der Waals surface area contributed by atoms with Gasteiger partial charge in [-0.15, -0.1) is 11.3 Å². The second kappa shape index (κ2) is 13.7. The highest BCUT2D eigenvalue weighted by Gasteiger charge is 2.54. The average Bonchev–Trinajstić information content (AvgIpc) is 3.96. The largest absolute Gasteiger partial charge is 0.310 e. The molecule has 0 N–H and O–H groups in total. The number of nitrogens with zero attached hydrogens (tertiary/aromatic N) is 2. The topological polar surface area (TPSA) is 6.48 Å². The van der Waals surface area contributed by atoms with E-state index >= 15 is 0 Å². The van der Waals surface area contributed by atoms with E-state index in [0.29, 0.717) is 0 Å². The van der Waals surface area contributed by atoms with Crippen LogP contribution in [0.3, 0.4) is 0 Å². The smallest absolute Gasteiger partial charge is 0.0741 e. The molecule has 2 nitrogen and oxygen atoms in total. The van der Waals surface area contributed by atoms with Gasteiger partial charge >= 0.3 is 0 Å². The monoisotopic (exact) mass is 806 g/mol. The van der Waals surface area contributed by atoms with Crippen molar-refractivity contribution in [2.24, 2.45) is 0 Å². The van der Waals surface area contributed by atoms with Crippen LogP contribution < -0.4 is 9.80 Å². The fourth-order valence-corrected chi connectivity index (χ4v) is 11.9. The first kappa shape index (κ1) is 35.1. The molecular formula is C59H38N2S. The first-order valence-electron chi connectivity index (χ1n) is 21.3. The molecule has 0 amide bonds. The Morgan fingerprint density at radius 3 is 1.68 bits per heavy atom. The van der Waals surface area contributed by atoms with Gasteiger partial charge < -0.3 is 9.80 Å². The van der Waals surface area contributed by atoms with Crippen molar-refractivity contribution in [1.82, 2.24) is 0 Å². The fourth-order valence-electron chi connectivity index (χ4n) is 10.6. The molecule has 1 atom stereocenters. The molecule has 0 aliphatic heterocycles. The highest BCUT2D eigenvalue weighted by Crippen LogP contribution is 2.67. The van der Waals surface area contributed by atoms with Crippen molar-refractivity contribution in [2.45, 2.75) is 5.41 Å². The Morgan fingerprint density at radius 1 is 0.323 bits per heavy atom. The van der Waals surface area contributed by atoms with Gasteiger partial charge in [-0.1, -0.05) is 158 Å². The number of hydrogen-bond donors (Lipinski definition) is 0. The first-order valence-corrected chi connectivity index (χ1v) is 22.2. The Labute approximate surface area is 364 Å². The molecule has 1 spiro atoms. The van der Waals surface area contributed by atoms with Crippen LogP contribution in [0.15, 0.2) is 231 Å². The first-order chi connectivity index (χ1) is 30.8. The zero-order chi connectivity index (χ0) is 40.8. The number of fused-ring (bicyclic) bond motifs is 14. The van der Waals surface area contributed by atoms with Crippen LogP contribution in [-0.2, 0) is 5.41 Å². The molecule has 3 heteroatoms. The molecule has 0 saturated heterocycles. The van der Waals surface area contributed by atoms with Gasteiger partial charge in [-0.05, 0) is 133 Å². The van der Waals surface area contributed by atoms with Gasteiger partial charge in [0.25, 0.3) is 0 Å². The van der Waals surface area contributed by atoms with Gasteiger partial charge in [0.15, 0.2) is 0 Å². The summed E-state index contributed by atoms with van der Waals surface area (Å²) in [5, 5.41) is 6.21. The van der Waals surface area contributed by atoms with E-state index in [1.54, 1.807) is 0 Å². The maximum absolute atomic E-state index is 2.52. The SMILES string of the molecule is c1ccc(N(c2ccc3c(c2)C2(c4ccccc4-3)c3cc(N(c4ccccc4)c4cccc5ccccc45)ccc3-c3sc4ccccc4c32)c2ccc3ccccc3c2)cc1. The zero-order valence-electron chi connectivity index (χ0n) is 33.7. The second-order valence-electron chi connectivity index (χ2n) is 16.4. The van der Waals surface area contributed by atoms with E-state index in [2.05, 4.69) is 240 Å². The van der Waals surface area contributed by atoms with Crippen LogP contribution in [0, 0.1) is 0 Å². The lowest BCUT2D eigenvalue weighted by Crippen LogP contribution is -2.26. The third-order valence-corrected chi connectivity index (χ3v) is 14.4. The lowest BCUT2D eigenvalue weighted by atomic mass is 9.70. The zero-order valence-corrected chi connectivity index (χ0v) is 34.6. The van der Waals surface area contributed by atoms with Gasteiger partial charge in [-0.25, -0.2) is 0 Å². The normalized spacial score (nSPS) is 14.5. The van der Waals surface area contributed by atoms with Crippen molar-refractivity contribution >= 4 is 77.1 Å². The maximum Gasteiger partial charge on any atom is 0.0741 e. The summed E-state index contributed by atoms with van der Waals surface area (Å²) in [6.45, 7) is 0. The van der Waals surface area contributed by atoms with Crippen LogP contribution in [0.4, 0.5) is 34.1 Å². The number of para-hydroxylation sites is 2. The molecule has 10 aromatic carbocycles. The number of hydrogen-bond acceptors (Lipinski definition) is 3. The Kier molecular flexibility index (Phi) is 7.72. The van der Waals surface area contributed by atoms with Crippen molar-refractivity contribution in [3.63, 3.8) is 0 Å². The summed E-state index contributed by atoms with van der Waals surface area (Å²) in [5.74, 6) is 0. The minimum atomic E-state index is -0.574. The van der Waals surface area contributed by atoms with Crippen LogP contribution in [0.2, 0.25) is 0 Å². The number of thiophene rings is 1.